The summed E-state index contributed by atoms with van der Waals surface area (Å²) in [4.78, 5) is 13.9. The van der Waals surface area contributed by atoms with Crippen molar-refractivity contribution in [3.8, 4) is 11.6 Å². The van der Waals surface area contributed by atoms with Crippen LogP contribution in [0, 0.1) is 0 Å². The SMILES string of the molecule is NCc1ccc(C2N=c3ccn4c(-c5ncccn5)nnc4c3=CC2c2ccccc2)cc1. The number of fused-ring (bicyclic) bond motifs is 3. The van der Waals surface area contributed by atoms with E-state index in [9.17, 15) is 0 Å². The van der Waals surface area contributed by atoms with Crippen molar-refractivity contribution >= 4 is 11.7 Å². The molecule has 0 spiro atoms. The summed E-state index contributed by atoms with van der Waals surface area (Å²) in [7, 11) is 0. The van der Waals surface area contributed by atoms with Crippen molar-refractivity contribution in [2.45, 2.75) is 18.5 Å². The second-order valence-corrected chi connectivity index (χ2v) is 8.03. The number of nitrogens with two attached hydrogens (primary N) is 1. The van der Waals surface area contributed by atoms with E-state index in [0.717, 1.165) is 27.3 Å². The molecule has 0 bridgehead atoms. The van der Waals surface area contributed by atoms with Gasteiger partial charge in [-0.15, -0.1) is 10.2 Å². The molecule has 160 valence electrons. The van der Waals surface area contributed by atoms with Crippen molar-refractivity contribution < 1.29 is 0 Å². The first-order valence-electron chi connectivity index (χ1n) is 10.9. The number of hydrogen-bond acceptors (Lipinski definition) is 6. The van der Waals surface area contributed by atoms with E-state index in [0.29, 0.717) is 18.2 Å². The van der Waals surface area contributed by atoms with Crippen LogP contribution in [0.2, 0.25) is 0 Å². The fourth-order valence-electron chi connectivity index (χ4n) is 4.39. The molecule has 0 radical (unpaired) electrons. The van der Waals surface area contributed by atoms with Gasteiger partial charge in [-0.3, -0.25) is 9.39 Å². The quantitative estimate of drug-likeness (QED) is 0.472. The molecule has 2 aromatic carbocycles. The molecule has 0 fully saturated rings. The van der Waals surface area contributed by atoms with E-state index in [1.54, 1.807) is 18.5 Å². The summed E-state index contributed by atoms with van der Waals surface area (Å²) in [5.74, 6) is 1.20. The number of aromatic nitrogens is 5. The van der Waals surface area contributed by atoms with E-state index < -0.39 is 0 Å². The van der Waals surface area contributed by atoms with Crippen LogP contribution in [0.25, 0.3) is 23.4 Å². The van der Waals surface area contributed by atoms with Gasteiger partial charge in [0.15, 0.2) is 11.5 Å². The van der Waals surface area contributed by atoms with Crippen molar-refractivity contribution in [1.82, 2.24) is 24.6 Å². The highest BCUT2D eigenvalue weighted by Gasteiger charge is 2.26. The minimum Gasteiger partial charge on any atom is -0.326 e. The Morgan fingerprint density at radius 1 is 0.818 bits per heavy atom. The first kappa shape index (κ1) is 19.5. The van der Waals surface area contributed by atoms with Crippen LogP contribution in [0.1, 0.15) is 28.7 Å². The molecule has 33 heavy (non-hydrogen) atoms. The molecule has 1 aliphatic rings. The van der Waals surface area contributed by atoms with E-state index in [-0.39, 0.29) is 12.0 Å². The number of rotatable bonds is 4. The predicted molar refractivity (Wildman–Crippen MR) is 126 cm³/mol. The van der Waals surface area contributed by atoms with Crippen LogP contribution in [-0.4, -0.2) is 24.6 Å². The summed E-state index contributed by atoms with van der Waals surface area (Å²) >= 11 is 0. The monoisotopic (exact) mass is 431 g/mol. The molecule has 4 heterocycles. The van der Waals surface area contributed by atoms with Gasteiger partial charge < -0.3 is 5.73 Å². The molecule has 7 nitrogen and oxygen atoms in total. The highest BCUT2D eigenvalue weighted by atomic mass is 15.3. The Hall–Kier alpha value is -4.23. The zero-order chi connectivity index (χ0) is 22.2. The van der Waals surface area contributed by atoms with Gasteiger partial charge in [-0.1, -0.05) is 60.7 Å². The van der Waals surface area contributed by atoms with Crippen molar-refractivity contribution in [3.63, 3.8) is 0 Å². The normalized spacial score (nSPS) is 17.2. The average molecular weight is 432 g/mol. The van der Waals surface area contributed by atoms with Crippen LogP contribution in [-0.2, 0) is 6.54 Å². The molecular formula is C26H21N7. The highest BCUT2D eigenvalue weighted by molar-refractivity contribution is 5.57. The van der Waals surface area contributed by atoms with Crippen molar-refractivity contribution in [2.75, 3.05) is 0 Å². The maximum atomic E-state index is 5.80. The first-order valence-corrected chi connectivity index (χ1v) is 10.9. The molecule has 0 amide bonds. The number of nitrogens with zero attached hydrogens (tertiary/aromatic N) is 6. The third-order valence-corrected chi connectivity index (χ3v) is 6.07. The van der Waals surface area contributed by atoms with Gasteiger partial charge in [-0.05, 0) is 28.8 Å². The first-order chi connectivity index (χ1) is 16.3. The summed E-state index contributed by atoms with van der Waals surface area (Å²) in [6.45, 7) is 0.525. The molecule has 0 saturated carbocycles. The summed E-state index contributed by atoms with van der Waals surface area (Å²) < 4.78 is 1.93. The topological polar surface area (TPSA) is 94.3 Å². The third-order valence-electron chi connectivity index (χ3n) is 6.07. The summed E-state index contributed by atoms with van der Waals surface area (Å²) in [5, 5.41) is 10.7. The van der Waals surface area contributed by atoms with E-state index in [2.05, 4.69) is 74.8 Å². The fraction of sp³-hybridized carbons (Fsp3) is 0.115. The zero-order valence-corrected chi connectivity index (χ0v) is 17.8. The van der Waals surface area contributed by atoms with E-state index in [1.807, 2.05) is 22.7 Å². The van der Waals surface area contributed by atoms with Crippen LogP contribution >= 0.6 is 0 Å². The molecule has 6 rings (SSSR count). The molecule has 5 aromatic rings. The van der Waals surface area contributed by atoms with Crippen molar-refractivity contribution in [2.24, 2.45) is 10.7 Å². The molecule has 2 unspecified atom stereocenters. The highest BCUT2D eigenvalue weighted by Crippen LogP contribution is 2.36. The Morgan fingerprint density at radius 2 is 1.61 bits per heavy atom. The van der Waals surface area contributed by atoms with Gasteiger partial charge in [0.1, 0.15) is 0 Å². The Labute approximate surface area is 190 Å². The lowest BCUT2D eigenvalue weighted by atomic mass is 9.85. The lowest BCUT2D eigenvalue weighted by Gasteiger charge is -2.25. The Kier molecular flexibility index (Phi) is 4.74. The molecular weight excluding hydrogens is 410 g/mol. The lowest BCUT2D eigenvalue weighted by molar-refractivity contribution is 0.641. The van der Waals surface area contributed by atoms with Gasteiger partial charge in [0, 0.05) is 36.3 Å². The Morgan fingerprint density at radius 3 is 2.36 bits per heavy atom. The second-order valence-electron chi connectivity index (χ2n) is 8.03. The van der Waals surface area contributed by atoms with Gasteiger partial charge in [0.25, 0.3) is 0 Å². The molecule has 0 aliphatic carbocycles. The van der Waals surface area contributed by atoms with Gasteiger partial charge in [-0.25, -0.2) is 9.97 Å². The largest absolute Gasteiger partial charge is 0.326 e. The fourth-order valence-corrected chi connectivity index (χ4v) is 4.39. The summed E-state index contributed by atoms with van der Waals surface area (Å²) in [6, 6.07) is 22.6. The molecule has 0 saturated heterocycles. The summed E-state index contributed by atoms with van der Waals surface area (Å²) in [6.07, 6.45) is 7.61. The second kappa shape index (κ2) is 8.03. The number of hydrogen-bond donors (Lipinski definition) is 1. The predicted octanol–water partition coefficient (Wildman–Crippen LogP) is 2.58. The van der Waals surface area contributed by atoms with Gasteiger partial charge in [0.05, 0.1) is 11.4 Å². The minimum atomic E-state index is -0.0472. The lowest BCUT2D eigenvalue weighted by Crippen LogP contribution is -2.34. The molecule has 2 N–H and O–H groups in total. The smallest absolute Gasteiger partial charge is 0.206 e. The molecule has 2 atom stereocenters. The number of benzene rings is 2. The minimum absolute atomic E-state index is 0.0472. The molecule has 1 aliphatic heterocycles. The standard InChI is InChI=1S/C26H21N7/c27-16-17-7-9-19(10-8-17)23-20(18-5-2-1-3-6-18)15-21-22(30-23)11-14-33-25(21)31-32-26(33)24-28-12-4-13-29-24/h1-15,20,23H,16,27H2. The van der Waals surface area contributed by atoms with Crippen LogP contribution in [0.15, 0.2) is 90.3 Å². The van der Waals surface area contributed by atoms with E-state index >= 15 is 0 Å². The van der Waals surface area contributed by atoms with Crippen molar-refractivity contribution in [1.29, 1.82) is 0 Å². The summed E-state index contributed by atoms with van der Waals surface area (Å²) in [5.41, 5.74) is 10.0. The van der Waals surface area contributed by atoms with E-state index in [4.69, 9.17) is 10.7 Å². The average Bonchev–Trinajstić information content (AvgIpc) is 3.34. The molecule has 3 aromatic heterocycles. The van der Waals surface area contributed by atoms with E-state index in [1.165, 1.54) is 5.56 Å². The maximum absolute atomic E-state index is 5.80. The maximum Gasteiger partial charge on any atom is 0.206 e. The van der Waals surface area contributed by atoms with Crippen LogP contribution in [0.4, 0.5) is 0 Å². The van der Waals surface area contributed by atoms with Gasteiger partial charge in [0.2, 0.25) is 5.82 Å². The Balaban J connectivity index is 1.56. The van der Waals surface area contributed by atoms with Gasteiger partial charge in [-0.2, -0.15) is 0 Å². The zero-order valence-electron chi connectivity index (χ0n) is 17.8. The molecule has 7 heteroatoms. The number of pyridine rings is 1. The Bertz CT molecular complexity index is 1540. The van der Waals surface area contributed by atoms with Crippen LogP contribution in [0.5, 0.6) is 0 Å². The van der Waals surface area contributed by atoms with Crippen LogP contribution in [0.3, 0.4) is 0 Å². The van der Waals surface area contributed by atoms with Crippen molar-refractivity contribution in [3.05, 3.63) is 113 Å². The van der Waals surface area contributed by atoms with Crippen LogP contribution < -0.4 is 16.3 Å². The third kappa shape index (κ3) is 3.39. The van der Waals surface area contributed by atoms with Gasteiger partial charge >= 0.3 is 0 Å².